The van der Waals surface area contributed by atoms with E-state index in [1.807, 2.05) is 0 Å². The lowest BCUT2D eigenvalue weighted by Gasteiger charge is -2.20. The Morgan fingerprint density at radius 1 is 1.59 bits per heavy atom. The van der Waals surface area contributed by atoms with E-state index in [-0.39, 0.29) is 17.4 Å². The minimum Gasteiger partial charge on any atom is -0.477 e. The van der Waals surface area contributed by atoms with Gasteiger partial charge in [0, 0.05) is 0 Å². The van der Waals surface area contributed by atoms with Crippen LogP contribution in [0.15, 0.2) is 33.5 Å². The molecule has 0 radical (unpaired) electrons. The molecule has 3 rings (SSSR count). The smallest absolute Gasteiger partial charge is 0.433 e. The number of hydrogen-bond acceptors (Lipinski definition) is 8. The quantitative estimate of drug-likeness (QED) is 0.487. The molecule has 11 heteroatoms. The molecule has 0 amide bonds. The van der Waals surface area contributed by atoms with Crippen LogP contribution in [0.2, 0.25) is 0 Å². The number of fused-ring (bicyclic) bond motifs is 1. The molecule has 0 spiro atoms. The molecule has 0 aliphatic carbocycles. The number of carbonyl (C=O) groups is 1. The van der Waals surface area contributed by atoms with E-state index in [0.29, 0.717) is 5.16 Å². The topological polar surface area (TPSA) is 136 Å². The van der Waals surface area contributed by atoms with Gasteiger partial charge in [0.1, 0.15) is 22.4 Å². The van der Waals surface area contributed by atoms with E-state index >= 15 is 0 Å². The van der Waals surface area contributed by atoms with Crippen LogP contribution in [-0.2, 0) is 4.79 Å². The molecule has 2 aromatic rings. The van der Waals surface area contributed by atoms with Crippen LogP contribution in [0.5, 0.6) is 0 Å². The van der Waals surface area contributed by atoms with Crippen LogP contribution in [0.4, 0.5) is 11.8 Å². The number of thioether (sulfide) groups is 1. The molecule has 10 nitrogen and oxygen atoms in total. The molecule has 3 heterocycles. The Bertz CT molecular complexity index is 795. The molecule has 114 valence electrons. The third kappa shape index (κ3) is 2.30. The number of rotatable bonds is 4. The third-order valence-corrected chi connectivity index (χ3v) is 3.48. The van der Waals surface area contributed by atoms with E-state index in [1.54, 1.807) is 6.26 Å². The van der Waals surface area contributed by atoms with Gasteiger partial charge < -0.3 is 14.8 Å². The number of hydrogen-bond donors (Lipinski definition) is 2. The largest absolute Gasteiger partial charge is 0.477 e. The summed E-state index contributed by atoms with van der Waals surface area (Å²) < 4.78 is 6.57. The minimum absolute atomic E-state index is 0.100. The fourth-order valence-corrected chi connectivity index (χ4v) is 2.33. The maximum Gasteiger partial charge on any atom is 0.433 e. The summed E-state index contributed by atoms with van der Waals surface area (Å²) in [5.41, 5.74) is -0.100. The number of anilines is 1. The Morgan fingerprint density at radius 2 is 2.36 bits per heavy atom. The van der Waals surface area contributed by atoms with Crippen molar-refractivity contribution in [1.82, 2.24) is 14.8 Å². The van der Waals surface area contributed by atoms with Crippen LogP contribution >= 0.6 is 11.8 Å². The summed E-state index contributed by atoms with van der Waals surface area (Å²) in [7, 11) is 0. The summed E-state index contributed by atoms with van der Waals surface area (Å²) in [6, 6.07) is 1.89. The lowest BCUT2D eigenvalue weighted by atomic mass is 10.1. The lowest BCUT2D eigenvalue weighted by molar-refractivity contribution is -0.402. The number of aliphatic carboxylic acids is 1. The van der Waals surface area contributed by atoms with Gasteiger partial charge in [-0.3, -0.25) is 10.1 Å². The van der Waals surface area contributed by atoms with Gasteiger partial charge in [-0.25, -0.2) is 9.48 Å². The average molecular weight is 323 g/mol. The highest BCUT2D eigenvalue weighted by molar-refractivity contribution is 7.98. The summed E-state index contributed by atoms with van der Waals surface area (Å²) >= 11 is 1.29. The Labute approximate surface area is 127 Å². The Balaban J connectivity index is 2.08. The van der Waals surface area contributed by atoms with Crippen molar-refractivity contribution >= 4 is 29.6 Å². The van der Waals surface area contributed by atoms with E-state index in [9.17, 15) is 14.9 Å². The van der Waals surface area contributed by atoms with Crippen LogP contribution in [0, 0.1) is 10.1 Å². The molecule has 0 saturated carbocycles. The van der Waals surface area contributed by atoms with Crippen molar-refractivity contribution in [1.29, 1.82) is 0 Å². The zero-order valence-electron chi connectivity index (χ0n) is 11.1. The van der Waals surface area contributed by atoms with Gasteiger partial charge in [0.05, 0.1) is 6.07 Å². The molecule has 1 aliphatic heterocycles. The molecule has 1 aliphatic rings. The van der Waals surface area contributed by atoms with Crippen molar-refractivity contribution in [3.8, 4) is 0 Å². The molecule has 22 heavy (non-hydrogen) atoms. The number of nitrogens with zero attached hydrogens (tertiary/aromatic N) is 4. The number of nitrogens with one attached hydrogen (secondary N) is 1. The molecule has 0 unspecified atom stereocenters. The second-order valence-electron chi connectivity index (χ2n) is 4.26. The highest BCUT2D eigenvalue weighted by Gasteiger charge is 2.30. The number of aromatic nitrogens is 3. The van der Waals surface area contributed by atoms with Crippen LogP contribution < -0.4 is 5.32 Å². The molecular formula is C11H9N5O5S. The number of allylic oxidation sites excluding steroid dienone is 1. The van der Waals surface area contributed by atoms with Gasteiger partial charge >= 0.3 is 11.9 Å². The highest BCUT2D eigenvalue weighted by Crippen LogP contribution is 2.32. The van der Waals surface area contributed by atoms with Gasteiger partial charge in [0.15, 0.2) is 0 Å². The Hall–Kier alpha value is -2.82. The summed E-state index contributed by atoms with van der Waals surface area (Å²) in [5.74, 6) is -1.17. The Kier molecular flexibility index (Phi) is 3.33. The van der Waals surface area contributed by atoms with Gasteiger partial charge in [0.2, 0.25) is 11.1 Å². The third-order valence-electron chi connectivity index (χ3n) is 2.94. The monoisotopic (exact) mass is 323 g/mol. The zero-order chi connectivity index (χ0) is 15.9. The Morgan fingerprint density at radius 3 is 2.95 bits per heavy atom. The van der Waals surface area contributed by atoms with Crippen LogP contribution in [-0.4, -0.2) is 37.0 Å². The first-order valence-electron chi connectivity index (χ1n) is 5.96. The van der Waals surface area contributed by atoms with Crippen molar-refractivity contribution in [2.24, 2.45) is 0 Å². The first-order chi connectivity index (χ1) is 10.5. The van der Waals surface area contributed by atoms with Gasteiger partial charge in [-0.05, 0) is 18.4 Å². The zero-order valence-corrected chi connectivity index (χ0v) is 11.9. The maximum absolute atomic E-state index is 11.2. The fraction of sp³-hybridized carbons (Fsp3) is 0.182. The predicted molar refractivity (Wildman–Crippen MR) is 74.6 cm³/mol. The normalized spacial score (nSPS) is 16.6. The fourth-order valence-electron chi connectivity index (χ4n) is 1.99. The number of furan rings is 1. The number of nitro groups is 1. The number of carboxylic acids is 1. The van der Waals surface area contributed by atoms with E-state index in [2.05, 4.69) is 15.4 Å². The minimum atomic E-state index is -1.17. The number of carboxylic acid groups (broad SMARTS) is 1. The molecule has 0 saturated heterocycles. The predicted octanol–water partition coefficient (Wildman–Crippen LogP) is 1.48. The average Bonchev–Trinajstić information content (AvgIpc) is 3.12. The molecule has 0 fully saturated rings. The van der Waals surface area contributed by atoms with Crippen molar-refractivity contribution in [2.45, 2.75) is 11.2 Å². The summed E-state index contributed by atoms with van der Waals surface area (Å²) in [6.45, 7) is 0. The second-order valence-corrected chi connectivity index (χ2v) is 5.03. The van der Waals surface area contributed by atoms with Gasteiger partial charge in [-0.2, -0.15) is 4.98 Å². The van der Waals surface area contributed by atoms with E-state index in [0.717, 1.165) is 0 Å². The van der Waals surface area contributed by atoms with Crippen LogP contribution in [0.1, 0.15) is 11.8 Å². The van der Waals surface area contributed by atoms with Crippen LogP contribution in [0.25, 0.3) is 0 Å². The van der Waals surface area contributed by atoms with Gasteiger partial charge in [-0.15, -0.1) is 5.10 Å². The molecule has 0 aromatic carbocycles. The van der Waals surface area contributed by atoms with Crippen molar-refractivity contribution < 1.29 is 19.2 Å². The molecular weight excluding hydrogens is 314 g/mol. The summed E-state index contributed by atoms with van der Waals surface area (Å²) in [6.07, 6.45) is 3.14. The van der Waals surface area contributed by atoms with E-state index in [1.165, 1.54) is 34.7 Å². The molecule has 0 bridgehead atoms. The van der Waals surface area contributed by atoms with E-state index < -0.39 is 22.8 Å². The first-order valence-corrected chi connectivity index (χ1v) is 7.19. The van der Waals surface area contributed by atoms with Crippen LogP contribution in [0.3, 0.4) is 0 Å². The molecule has 1 atom stereocenters. The summed E-state index contributed by atoms with van der Waals surface area (Å²) in [4.78, 5) is 25.4. The maximum atomic E-state index is 11.2. The van der Waals surface area contributed by atoms with Crippen molar-refractivity contribution in [3.63, 3.8) is 0 Å². The first kappa shape index (κ1) is 14.1. The SMILES string of the molecule is CSc1nc2n(n1)[C@H](c1ccc([N+](=O)[O-])o1)C=C(C(=O)O)N2. The van der Waals surface area contributed by atoms with Gasteiger partial charge in [-0.1, -0.05) is 11.8 Å². The van der Waals surface area contributed by atoms with Gasteiger partial charge in [0.25, 0.3) is 0 Å². The van der Waals surface area contributed by atoms with Crippen molar-refractivity contribution in [2.75, 3.05) is 11.6 Å². The summed E-state index contributed by atoms with van der Waals surface area (Å²) in [5, 5.41) is 27.2. The second kappa shape index (κ2) is 5.18. The van der Waals surface area contributed by atoms with Crippen molar-refractivity contribution in [3.05, 3.63) is 39.8 Å². The molecule has 2 aromatic heterocycles. The lowest BCUT2D eigenvalue weighted by Crippen LogP contribution is -2.24. The standard InChI is InChI=1S/C11H9N5O5S/c1-22-11-13-10-12-5(9(17)18)4-6(15(10)14-11)7-2-3-8(21-7)16(19)20/h2-4,6H,1H3,(H,17,18)(H,12,13,14)/t6-/m0/s1. The molecule has 2 N–H and O–H groups in total. The van der Waals surface area contributed by atoms with E-state index in [4.69, 9.17) is 9.52 Å². The highest BCUT2D eigenvalue weighted by atomic mass is 32.2.